The van der Waals surface area contributed by atoms with Crippen molar-refractivity contribution in [3.05, 3.63) is 0 Å². The average molecular weight is 312 g/mol. The maximum atomic E-state index is 10.2. The SMILES string of the molecule is O=C[C@H](O)[C@@H](O)[C@H](O)[C@H](O)CO[C@H]1OC[C@H](O)[C@H](O)[C@H]1O. The standard InChI is InChI=1S/C11H20O10/c12-1-4(13)7(16)8(17)5(14)2-20-11-10(19)9(18)6(15)3-21-11/h1,4-11,13-19H,2-3H2/t4-,5+,6-,7+,8+,9-,10+,11-/m0/s1. The monoisotopic (exact) mass is 312 g/mol. The molecule has 0 spiro atoms. The average Bonchev–Trinajstić information content (AvgIpc) is 2.49. The molecule has 0 saturated carbocycles. The van der Waals surface area contributed by atoms with Gasteiger partial charge in [-0.3, -0.25) is 0 Å². The van der Waals surface area contributed by atoms with E-state index >= 15 is 0 Å². The Morgan fingerprint density at radius 3 is 2.29 bits per heavy atom. The third kappa shape index (κ3) is 4.64. The quantitative estimate of drug-likeness (QED) is 0.225. The van der Waals surface area contributed by atoms with Crippen molar-refractivity contribution in [1.82, 2.24) is 0 Å². The van der Waals surface area contributed by atoms with E-state index in [1.54, 1.807) is 0 Å². The molecule has 1 rings (SSSR count). The fourth-order valence-electron chi connectivity index (χ4n) is 1.73. The summed E-state index contributed by atoms with van der Waals surface area (Å²) < 4.78 is 9.82. The van der Waals surface area contributed by atoms with Crippen LogP contribution in [0.1, 0.15) is 0 Å². The highest BCUT2D eigenvalue weighted by molar-refractivity contribution is 5.56. The summed E-state index contributed by atoms with van der Waals surface area (Å²) in [5, 5.41) is 65.6. The highest BCUT2D eigenvalue weighted by Crippen LogP contribution is 2.17. The summed E-state index contributed by atoms with van der Waals surface area (Å²) in [6, 6.07) is 0. The van der Waals surface area contributed by atoms with Crippen LogP contribution >= 0.6 is 0 Å². The van der Waals surface area contributed by atoms with Gasteiger partial charge in [0.25, 0.3) is 0 Å². The van der Waals surface area contributed by atoms with Gasteiger partial charge in [-0.1, -0.05) is 0 Å². The minimum atomic E-state index is -1.91. The normalized spacial score (nSPS) is 35.8. The lowest BCUT2D eigenvalue weighted by atomic mass is 10.0. The van der Waals surface area contributed by atoms with Crippen molar-refractivity contribution in [2.75, 3.05) is 13.2 Å². The Bertz CT molecular complexity index is 326. The molecule has 8 atom stereocenters. The molecular weight excluding hydrogens is 292 g/mol. The van der Waals surface area contributed by atoms with Crippen LogP contribution in [0.15, 0.2) is 0 Å². The van der Waals surface area contributed by atoms with Crippen molar-refractivity contribution in [2.24, 2.45) is 0 Å². The minimum Gasteiger partial charge on any atom is -0.388 e. The van der Waals surface area contributed by atoms with E-state index in [4.69, 9.17) is 14.6 Å². The smallest absolute Gasteiger partial charge is 0.186 e. The summed E-state index contributed by atoms with van der Waals surface area (Å²) in [6.07, 6.45) is -13.0. The zero-order valence-corrected chi connectivity index (χ0v) is 11.0. The second-order valence-electron chi connectivity index (χ2n) is 4.76. The number of rotatable bonds is 7. The van der Waals surface area contributed by atoms with Crippen LogP contribution in [0.25, 0.3) is 0 Å². The topological polar surface area (TPSA) is 177 Å². The number of carbonyl (C=O) groups excluding carboxylic acids is 1. The molecule has 0 aromatic rings. The van der Waals surface area contributed by atoms with Gasteiger partial charge in [-0.15, -0.1) is 0 Å². The summed E-state index contributed by atoms with van der Waals surface area (Å²) in [5.41, 5.74) is 0. The van der Waals surface area contributed by atoms with Gasteiger partial charge in [-0.25, -0.2) is 0 Å². The van der Waals surface area contributed by atoms with Crippen LogP contribution in [-0.4, -0.2) is 104 Å². The molecule has 0 amide bonds. The van der Waals surface area contributed by atoms with E-state index in [0.717, 1.165) is 0 Å². The van der Waals surface area contributed by atoms with Crippen LogP contribution in [0.3, 0.4) is 0 Å². The lowest BCUT2D eigenvalue weighted by molar-refractivity contribution is -0.277. The molecule has 0 aromatic heterocycles. The first-order valence-corrected chi connectivity index (χ1v) is 6.24. The van der Waals surface area contributed by atoms with Crippen LogP contribution in [0.4, 0.5) is 0 Å². The van der Waals surface area contributed by atoms with Crippen LogP contribution in [-0.2, 0) is 14.3 Å². The number of aliphatic hydroxyl groups excluding tert-OH is 7. The number of carbonyl (C=O) groups is 1. The molecule has 1 aliphatic heterocycles. The van der Waals surface area contributed by atoms with E-state index < -0.39 is 55.6 Å². The molecule has 0 aliphatic carbocycles. The lowest BCUT2D eigenvalue weighted by Gasteiger charge is -2.35. The van der Waals surface area contributed by atoms with E-state index in [1.807, 2.05) is 0 Å². The summed E-state index contributed by atoms with van der Waals surface area (Å²) in [6.45, 7) is -0.914. The minimum absolute atomic E-state index is 0.00674. The van der Waals surface area contributed by atoms with Crippen LogP contribution in [0.5, 0.6) is 0 Å². The van der Waals surface area contributed by atoms with Gasteiger partial charge in [0.15, 0.2) is 12.6 Å². The predicted octanol–water partition coefficient (Wildman–Crippen LogP) is -4.92. The Morgan fingerprint density at radius 1 is 1.10 bits per heavy atom. The molecule has 10 nitrogen and oxygen atoms in total. The maximum Gasteiger partial charge on any atom is 0.186 e. The van der Waals surface area contributed by atoms with Crippen LogP contribution in [0, 0.1) is 0 Å². The van der Waals surface area contributed by atoms with Crippen LogP contribution in [0.2, 0.25) is 0 Å². The highest BCUT2D eigenvalue weighted by atomic mass is 16.7. The van der Waals surface area contributed by atoms with E-state index in [0.29, 0.717) is 0 Å². The zero-order chi connectivity index (χ0) is 16.2. The molecule has 124 valence electrons. The van der Waals surface area contributed by atoms with Crippen molar-refractivity contribution in [3.63, 3.8) is 0 Å². The first-order chi connectivity index (χ1) is 9.79. The molecule has 1 aliphatic rings. The number of aliphatic hydroxyl groups is 7. The fourth-order valence-corrected chi connectivity index (χ4v) is 1.73. The Kier molecular flexibility index (Phi) is 7.06. The summed E-state index contributed by atoms with van der Waals surface area (Å²) in [5.74, 6) is 0. The molecule has 0 unspecified atom stereocenters. The van der Waals surface area contributed by atoms with Crippen LogP contribution < -0.4 is 0 Å². The van der Waals surface area contributed by atoms with Gasteiger partial charge >= 0.3 is 0 Å². The third-order valence-corrected chi connectivity index (χ3v) is 3.12. The third-order valence-electron chi connectivity index (χ3n) is 3.12. The summed E-state index contributed by atoms with van der Waals surface area (Å²) in [4.78, 5) is 10.2. The van der Waals surface area contributed by atoms with Crippen molar-refractivity contribution >= 4 is 6.29 Å². The van der Waals surface area contributed by atoms with Gasteiger partial charge in [0.2, 0.25) is 0 Å². The first-order valence-electron chi connectivity index (χ1n) is 6.24. The molecule has 1 heterocycles. The van der Waals surface area contributed by atoms with E-state index in [1.165, 1.54) is 0 Å². The van der Waals surface area contributed by atoms with Gasteiger partial charge in [0.1, 0.15) is 42.7 Å². The lowest BCUT2D eigenvalue weighted by Crippen LogP contribution is -2.54. The van der Waals surface area contributed by atoms with E-state index in [-0.39, 0.29) is 12.9 Å². The zero-order valence-electron chi connectivity index (χ0n) is 11.0. The van der Waals surface area contributed by atoms with Crippen molar-refractivity contribution < 1.29 is 50.0 Å². The largest absolute Gasteiger partial charge is 0.388 e. The molecular formula is C11H20O10. The molecule has 0 aromatic carbocycles. The molecule has 1 fully saturated rings. The molecule has 7 N–H and O–H groups in total. The molecule has 0 bridgehead atoms. The summed E-state index contributed by atoms with van der Waals surface area (Å²) >= 11 is 0. The predicted molar refractivity (Wildman–Crippen MR) is 63.8 cm³/mol. The Hall–Kier alpha value is -0.690. The maximum absolute atomic E-state index is 10.2. The second kappa shape index (κ2) is 8.08. The van der Waals surface area contributed by atoms with Crippen molar-refractivity contribution in [2.45, 2.75) is 49.0 Å². The van der Waals surface area contributed by atoms with Gasteiger partial charge in [-0.05, 0) is 0 Å². The molecule has 10 heteroatoms. The van der Waals surface area contributed by atoms with Crippen molar-refractivity contribution in [3.8, 4) is 0 Å². The van der Waals surface area contributed by atoms with Gasteiger partial charge in [-0.2, -0.15) is 0 Å². The fraction of sp³-hybridized carbons (Fsp3) is 0.909. The molecule has 21 heavy (non-hydrogen) atoms. The second-order valence-corrected chi connectivity index (χ2v) is 4.76. The highest BCUT2D eigenvalue weighted by Gasteiger charge is 2.39. The van der Waals surface area contributed by atoms with E-state index in [2.05, 4.69) is 0 Å². The van der Waals surface area contributed by atoms with Crippen molar-refractivity contribution in [1.29, 1.82) is 0 Å². The number of ether oxygens (including phenoxy) is 2. The van der Waals surface area contributed by atoms with Gasteiger partial charge < -0.3 is 50.0 Å². The van der Waals surface area contributed by atoms with Gasteiger partial charge in [0.05, 0.1) is 13.2 Å². The van der Waals surface area contributed by atoms with E-state index in [9.17, 15) is 35.4 Å². The number of hydrogen-bond donors (Lipinski definition) is 7. The Morgan fingerprint density at radius 2 is 1.71 bits per heavy atom. The molecule has 0 radical (unpaired) electrons. The first kappa shape index (κ1) is 18.4. The molecule has 1 saturated heterocycles. The Balaban J connectivity index is 2.45. The Labute approximate surface area is 119 Å². The summed E-state index contributed by atoms with van der Waals surface area (Å²) in [7, 11) is 0. The number of aldehydes is 1. The van der Waals surface area contributed by atoms with Gasteiger partial charge in [0, 0.05) is 0 Å². The number of hydrogen-bond acceptors (Lipinski definition) is 10.